The van der Waals surface area contributed by atoms with Gasteiger partial charge in [-0.05, 0) is 36.6 Å². The zero-order valence-electron chi connectivity index (χ0n) is 11.9. The molecule has 108 valence electrons. The van der Waals surface area contributed by atoms with Crippen LogP contribution in [0.25, 0.3) is 0 Å². The van der Waals surface area contributed by atoms with E-state index in [1.54, 1.807) is 12.3 Å². The Morgan fingerprint density at radius 3 is 2.90 bits per heavy atom. The minimum atomic E-state index is -0.515. The summed E-state index contributed by atoms with van der Waals surface area (Å²) in [6.45, 7) is 0.975. The quantitative estimate of drug-likeness (QED) is 0.918. The SMILES string of the molecule is COC(=O)Nc1ccc(N2CCCc3ccccc32)cn1. The molecule has 21 heavy (non-hydrogen) atoms. The third-order valence-electron chi connectivity index (χ3n) is 3.59. The van der Waals surface area contributed by atoms with Crippen LogP contribution in [0.5, 0.6) is 0 Å². The second-order valence-electron chi connectivity index (χ2n) is 4.90. The number of nitrogens with one attached hydrogen (secondary N) is 1. The average Bonchev–Trinajstić information content (AvgIpc) is 2.55. The smallest absolute Gasteiger partial charge is 0.412 e. The third kappa shape index (κ3) is 2.81. The number of rotatable bonds is 2. The lowest BCUT2D eigenvalue weighted by Gasteiger charge is -2.31. The van der Waals surface area contributed by atoms with Crippen LogP contribution in [0.1, 0.15) is 12.0 Å². The topological polar surface area (TPSA) is 54.5 Å². The van der Waals surface area contributed by atoms with Gasteiger partial charge in [-0.3, -0.25) is 5.32 Å². The number of fused-ring (bicyclic) bond motifs is 1. The summed E-state index contributed by atoms with van der Waals surface area (Å²) in [6, 6.07) is 12.2. The summed E-state index contributed by atoms with van der Waals surface area (Å²) in [6.07, 6.45) is 3.49. The van der Waals surface area contributed by atoms with E-state index in [9.17, 15) is 4.79 Å². The first-order chi connectivity index (χ1) is 10.3. The molecule has 0 radical (unpaired) electrons. The molecule has 0 saturated heterocycles. The number of methoxy groups -OCH3 is 1. The van der Waals surface area contributed by atoms with Gasteiger partial charge in [-0.15, -0.1) is 0 Å². The maximum Gasteiger partial charge on any atom is 0.412 e. The van der Waals surface area contributed by atoms with Gasteiger partial charge in [0.15, 0.2) is 0 Å². The summed E-state index contributed by atoms with van der Waals surface area (Å²) in [5.74, 6) is 0.482. The predicted octanol–water partition coefficient (Wildman–Crippen LogP) is 3.34. The monoisotopic (exact) mass is 283 g/mol. The van der Waals surface area contributed by atoms with Gasteiger partial charge in [0.1, 0.15) is 5.82 Å². The molecule has 2 heterocycles. The molecule has 3 rings (SSSR count). The Bertz CT molecular complexity index is 640. The Labute approximate surface area is 123 Å². The number of hydrogen-bond donors (Lipinski definition) is 1. The fraction of sp³-hybridized carbons (Fsp3) is 0.250. The molecule has 0 fully saturated rings. The first-order valence-corrected chi connectivity index (χ1v) is 6.94. The zero-order chi connectivity index (χ0) is 14.7. The van der Waals surface area contributed by atoms with Crippen molar-refractivity contribution in [3.8, 4) is 0 Å². The number of carbonyl (C=O) groups is 1. The standard InChI is InChI=1S/C16H17N3O2/c1-21-16(20)18-15-9-8-13(11-17-15)19-10-4-6-12-5-2-3-7-14(12)19/h2-3,5,7-9,11H,4,6,10H2,1H3,(H,17,18,20). The van der Waals surface area contributed by atoms with Crippen molar-refractivity contribution >= 4 is 23.3 Å². The maximum atomic E-state index is 11.1. The number of nitrogens with zero attached hydrogens (tertiary/aromatic N) is 2. The number of pyridine rings is 1. The molecule has 1 aliphatic rings. The van der Waals surface area contributed by atoms with Crippen molar-refractivity contribution in [1.82, 2.24) is 4.98 Å². The predicted molar refractivity (Wildman–Crippen MR) is 82.0 cm³/mol. The molecular formula is C16H17N3O2. The van der Waals surface area contributed by atoms with Crippen LogP contribution in [0.4, 0.5) is 22.0 Å². The summed E-state index contributed by atoms with van der Waals surface area (Å²) in [7, 11) is 1.33. The first kappa shape index (κ1) is 13.4. The molecule has 2 aromatic rings. The highest BCUT2D eigenvalue weighted by Gasteiger charge is 2.17. The Kier molecular flexibility index (Phi) is 3.73. The highest BCUT2D eigenvalue weighted by Crippen LogP contribution is 2.33. The van der Waals surface area contributed by atoms with E-state index in [4.69, 9.17) is 0 Å². The fourth-order valence-electron chi connectivity index (χ4n) is 2.58. The molecule has 1 aliphatic heterocycles. The number of ether oxygens (including phenoxy) is 1. The second kappa shape index (κ2) is 5.83. The van der Waals surface area contributed by atoms with E-state index in [1.807, 2.05) is 6.07 Å². The number of para-hydroxylation sites is 1. The lowest BCUT2D eigenvalue weighted by atomic mass is 10.0. The summed E-state index contributed by atoms with van der Waals surface area (Å²) >= 11 is 0. The molecule has 5 nitrogen and oxygen atoms in total. The van der Waals surface area contributed by atoms with Crippen LogP contribution in [0.3, 0.4) is 0 Å². The fourth-order valence-corrected chi connectivity index (χ4v) is 2.58. The molecule has 0 atom stereocenters. The van der Waals surface area contributed by atoms with E-state index < -0.39 is 6.09 Å². The first-order valence-electron chi connectivity index (χ1n) is 6.94. The van der Waals surface area contributed by atoms with Gasteiger partial charge in [-0.2, -0.15) is 0 Å². The van der Waals surface area contributed by atoms with Gasteiger partial charge >= 0.3 is 6.09 Å². The summed E-state index contributed by atoms with van der Waals surface area (Å²) in [5, 5.41) is 2.55. The summed E-state index contributed by atoms with van der Waals surface area (Å²) in [4.78, 5) is 17.7. The molecule has 1 aromatic carbocycles. The van der Waals surface area contributed by atoms with Crippen LogP contribution < -0.4 is 10.2 Å². The molecule has 0 bridgehead atoms. The highest BCUT2D eigenvalue weighted by atomic mass is 16.5. The van der Waals surface area contributed by atoms with Crippen molar-refractivity contribution in [3.63, 3.8) is 0 Å². The van der Waals surface area contributed by atoms with Crippen LogP contribution in [0.2, 0.25) is 0 Å². The lowest BCUT2D eigenvalue weighted by Crippen LogP contribution is -2.24. The largest absolute Gasteiger partial charge is 0.453 e. The Hall–Kier alpha value is -2.56. The van der Waals surface area contributed by atoms with E-state index in [0.29, 0.717) is 5.82 Å². The van der Waals surface area contributed by atoms with E-state index in [-0.39, 0.29) is 0 Å². The second-order valence-corrected chi connectivity index (χ2v) is 4.90. The molecule has 1 aromatic heterocycles. The summed E-state index contributed by atoms with van der Waals surface area (Å²) < 4.78 is 4.55. The van der Waals surface area contributed by atoms with Crippen LogP contribution in [-0.4, -0.2) is 24.7 Å². The van der Waals surface area contributed by atoms with Crippen molar-refractivity contribution in [3.05, 3.63) is 48.2 Å². The Balaban J connectivity index is 1.83. The van der Waals surface area contributed by atoms with Gasteiger partial charge in [-0.25, -0.2) is 9.78 Å². The molecule has 1 N–H and O–H groups in total. The molecule has 0 unspecified atom stereocenters. The van der Waals surface area contributed by atoms with Crippen LogP contribution >= 0.6 is 0 Å². The minimum absolute atomic E-state index is 0.482. The maximum absolute atomic E-state index is 11.1. The van der Waals surface area contributed by atoms with Crippen molar-refractivity contribution in [2.75, 3.05) is 23.9 Å². The average molecular weight is 283 g/mol. The zero-order valence-corrected chi connectivity index (χ0v) is 11.9. The van der Waals surface area contributed by atoms with Crippen molar-refractivity contribution in [1.29, 1.82) is 0 Å². The van der Waals surface area contributed by atoms with Gasteiger partial charge in [0.2, 0.25) is 0 Å². The van der Waals surface area contributed by atoms with E-state index in [0.717, 1.165) is 25.1 Å². The number of anilines is 3. The van der Waals surface area contributed by atoms with Gasteiger partial charge in [-0.1, -0.05) is 18.2 Å². The van der Waals surface area contributed by atoms with Crippen molar-refractivity contribution in [2.24, 2.45) is 0 Å². The van der Waals surface area contributed by atoms with Crippen LogP contribution in [0, 0.1) is 0 Å². The number of hydrogen-bond acceptors (Lipinski definition) is 4. The van der Waals surface area contributed by atoms with Gasteiger partial charge in [0, 0.05) is 12.2 Å². The summed E-state index contributed by atoms with van der Waals surface area (Å²) in [5.41, 5.74) is 3.62. The number of amides is 1. The highest BCUT2D eigenvalue weighted by molar-refractivity contribution is 5.83. The third-order valence-corrected chi connectivity index (χ3v) is 3.59. The van der Waals surface area contributed by atoms with E-state index in [2.05, 4.69) is 44.2 Å². The van der Waals surface area contributed by atoms with Crippen LogP contribution in [0.15, 0.2) is 42.6 Å². The number of benzene rings is 1. The van der Waals surface area contributed by atoms with Gasteiger partial charge in [0.25, 0.3) is 0 Å². The molecule has 0 aliphatic carbocycles. The van der Waals surface area contributed by atoms with Crippen LogP contribution in [-0.2, 0) is 11.2 Å². The van der Waals surface area contributed by atoms with Crippen molar-refractivity contribution in [2.45, 2.75) is 12.8 Å². The lowest BCUT2D eigenvalue weighted by molar-refractivity contribution is 0.187. The number of carbonyl (C=O) groups excluding carboxylic acids is 1. The van der Waals surface area contributed by atoms with Gasteiger partial charge in [0.05, 0.1) is 19.0 Å². The number of aromatic nitrogens is 1. The van der Waals surface area contributed by atoms with Crippen molar-refractivity contribution < 1.29 is 9.53 Å². The van der Waals surface area contributed by atoms with E-state index >= 15 is 0 Å². The van der Waals surface area contributed by atoms with E-state index in [1.165, 1.54) is 18.4 Å². The number of aryl methyl sites for hydroxylation is 1. The molecule has 1 amide bonds. The Morgan fingerprint density at radius 2 is 2.14 bits per heavy atom. The van der Waals surface area contributed by atoms with Gasteiger partial charge < -0.3 is 9.64 Å². The normalized spacial score (nSPS) is 13.5. The molecule has 0 saturated carbocycles. The molecular weight excluding hydrogens is 266 g/mol. The minimum Gasteiger partial charge on any atom is -0.453 e. The molecule has 5 heteroatoms. The Morgan fingerprint density at radius 1 is 1.29 bits per heavy atom. The molecule has 0 spiro atoms.